The van der Waals surface area contributed by atoms with Gasteiger partial charge in [0, 0.05) is 60.3 Å². The number of nitrogens with zero attached hydrogens (tertiary/aromatic N) is 3. The van der Waals surface area contributed by atoms with Crippen LogP contribution in [0.5, 0.6) is 0 Å². The van der Waals surface area contributed by atoms with Crippen molar-refractivity contribution in [2.45, 2.75) is 51.2 Å². The van der Waals surface area contributed by atoms with Crippen LogP contribution in [-0.2, 0) is 6.54 Å². The van der Waals surface area contributed by atoms with E-state index in [0.29, 0.717) is 17.4 Å². The van der Waals surface area contributed by atoms with E-state index in [2.05, 4.69) is 68.8 Å². The average Bonchev–Trinajstić information content (AvgIpc) is 3.41. The average molecular weight is 551 g/mol. The van der Waals surface area contributed by atoms with E-state index in [1.165, 1.54) is 12.0 Å². The molecule has 212 valence electrons. The molecule has 2 fully saturated rings. The van der Waals surface area contributed by atoms with E-state index in [-0.39, 0.29) is 18.0 Å². The summed E-state index contributed by atoms with van der Waals surface area (Å²) in [6.07, 6.45) is 6.05. The molecule has 0 unspecified atom stereocenters. The van der Waals surface area contributed by atoms with E-state index in [4.69, 9.17) is 0 Å². The normalized spacial score (nSPS) is 16.9. The van der Waals surface area contributed by atoms with Gasteiger partial charge < -0.3 is 15.5 Å². The summed E-state index contributed by atoms with van der Waals surface area (Å²) in [5.74, 6) is 6.58. The molecule has 1 saturated carbocycles. The monoisotopic (exact) mass is 550 g/mol. The predicted octanol–water partition coefficient (Wildman–Crippen LogP) is 4.85. The van der Waals surface area contributed by atoms with Gasteiger partial charge in [-0.2, -0.15) is 0 Å². The first-order valence-electron chi connectivity index (χ1n) is 14.3. The Morgan fingerprint density at radius 3 is 2.46 bits per heavy atom. The number of hydrogen-bond acceptors (Lipinski definition) is 5. The van der Waals surface area contributed by atoms with E-state index >= 15 is 0 Å². The molecule has 3 N–H and O–H groups in total. The molecule has 2 aliphatic rings. The van der Waals surface area contributed by atoms with Crippen LogP contribution in [0.1, 0.15) is 58.3 Å². The van der Waals surface area contributed by atoms with Crippen molar-refractivity contribution in [1.82, 2.24) is 20.1 Å². The number of likely N-dealkylation sites (N-methyl/N-ethyl adjacent to an activating group) is 1. The number of aryl methyl sites for hydroxylation is 1. The van der Waals surface area contributed by atoms with Gasteiger partial charge in [0.2, 0.25) is 0 Å². The van der Waals surface area contributed by atoms with Gasteiger partial charge in [-0.05, 0) is 94.2 Å². The van der Waals surface area contributed by atoms with Crippen LogP contribution < -0.4 is 16.0 Å². The highest BCUT2D eigenvalue weighted by molar-refractivity contribution is 6.04. The lowest BCUT2D eigenvalue weighted by Crippen LogP contribution is -2.41. The number of amides is 3. The highest BCUT2D eigenvalue weighted by Gasteiger charge is 2.23. The van der Waals surface area contributed by atoms with E-state index in [9.17, 15) is 9.59 Å². The van der Waals surface area contributed by atoms with Crippen LogP contribution in [0.3, 0.4) is 0 Å². The first-order chi connectivity index (χ1) is 19.8. The number of carbonyl (C=O) groups is 2. The third-order valence-corrected chi connectivity index (χ3v) is 7.88. The van der Waals surface area contributed by atoms with Crippen LogP contribution >= 0.6 is 0 Å². The van der Waals surface area contributed by atoms with Gasteiger partial charge in [0.05, 0.1) is 0 Å². The fraction of sp³-hybridized carbons (Fsp3) is 0.364. The summed E-state index contributed by atoms with van der Waals surface area (Å²) < 4.78 is 0. The molecule has 8 heteroatoms. The van der Waals surface area contributed by atoms with Crippen molar-refractivity contribution in [3.05, 3.63) is 88.6 Å². The van der Waals surface area contributed by atoms with Crippen molar-refractivity contribution < 1.29 is 9.59 Å². The SMILES string of the molecule is Cc1ccc(C(=O)Nc2ccc(CN3CC[C@@H](N(C)C)C3)cc2)cc1C#Cc1ccc(NC(=O)NC2CCC2)nc1. The van der Waals surface area contributed by atoms with Gasteiger partial charge in [-0.15, -0.1) is 0 Å². The Labute approximate surface area is 242 Å². The quantitative estimate of drug-likeness (QED) is 0.366. The fourth-order valence-corrected chi connectivity index (χ4v) is 5.00. The number of pyridine rings is 1. The van der Waals surface area contributed by atoms with Gasteiger partial charge in [0.1, 0.15) is 5.82 Å². The molecule has 0 bridgehead atoms. The van der Waals surface area contributed by atoms with E-state index in [1.54, 1.807) is 12.3 Å². The molecule has 1 aliphatic carbocycles. The topological polar surface area (TPSA) is 89.6 Å². The van der Waals surface area contributed by atoms with Crippen LogP contribution in [0.2, 0.25) is 0 Å². The highest BCUT2D eigenvalue weighted by Crippen LogP contribution is 2.20. The summed E-state index contributed by atoms with van der Waals surface area (Å²) in [6.45, 7) is 5.08. The van der Waals surface area contributed by atoms with Crippen molar-refractivity contribution >= 4 is 23.4 Å². The predicted molar refractivity (Wildman–Crippen MR) is 163 cm³/mol. The molecule has 0 spiro atoms. The standard InChI is InChI=1S/C33H38N6O2/c1-23-7-12-27(32(40)35-29-14-9-25(10-15-29)21-39-18-17-30(22-39)38(2)3)19-26(23)13-8-24-11-16-31(34-20-24)37-33(41)36-28-5-4-6-28/h7,9-12,14-16,19-20,28,30H,4-6,17-18,21-22H2,1-3H3,(H,35,40)(H2,34,36,37,41)/t30-/m1/s1. The van der Waals surface area contributed by atoms with Gasteiger partial charge in [0.15, 0.2) is 0 Å². The van der Waals surface area contributed by atoms with Crippen LogP contribution in [-0.4, -0.2) is 66.0 Å². The lowest BCUT2D eigenvalue weighted by molar-refractivity contribution is 0.102. The second kappa shape index (κ2) is 13.0. The summed E-state index contributed by atoms with van der Waals surface area (Å²) >= 11 is 0. The van der Waals surface area contributed by atoms with Crippen LogP contribution in [0.25, 0.3) is 0 Å². The van der Waals surface area contributed by atoms with Crippen LogP contribution in [0.4, 0.5) is 16.3 Å². The number of hydrogen-bond donors (Lipinski definition) is 3. The third kappa shape index (κ3) is 7.72. The zero-order valence-corrected chi connectivity index (χ0v) is 24.0. The molecule has 3 aromatic rings. The molecule has 2 aromatic carbocycles. The van der Waals surface area contributed by atoms with E-state index in [0.717, 1.165) is 61.3 Å². The number of likely N-dealkylation sites (tertiary alicyclic amines) is 1. The molecule has 0 radical (unpaired) electrons. The Bertz CT molecular complexity index is 1440. The first kappa shape index (κ1) is 28.3. The van der Waals surface area contributed by atoms with E-state index in [1.807, 2.05) is 43.3 Å². The second-order valence-corrected chi connectivity index (χ2v) is 11.2. The summed E-state index contributed by atoms with van der Waals surface area (Å²) in [6, 6.07) is 17.8. The first-order valence-corrected chi connectivity index (χ1v) is 14.3. The molecule has 2 heterocycles. The molecular formula is C33H38N6O2. The Hall–Kier alpha value is -4.19. The molecule has 41 heavy (non-hydrogen) atoms. The zero-order valence-electron chi connectivity index (χ0n) is 24.0. The largest absolute Gasteiger partial charge is 0.335 e. The van der Waals surface area contributed by atoms with Crippen molar-refractivity contribution in [1.29, 1.82) is 0 Å². The number of nitrogens with one attached hydrogen (secondary N) is 3. The Morgan fingerprint density at radius 1 is 1.00 bits per heavy atom. The minimum Gasteiger partial charge on any atom is -0.335 e. The van der Waals surface area contributed by atoms with Crippen molar-refractivity contribution in [3.63, 3.8) is 0 Å². The molecular weight excluding hydrogens is 512 g/mol. The Morgan fingerprint density at radius 2 is 1.80 bits per heavy atom. The number of aromatic nitrogens is 1. The zero-order chi connectivity index (χ0) is 28.8. The minimum absolute atomic E-state index is 0.175. The van der Waals surface area contributed by atoms with Gasteiger partial charge in [-0.25, -0.2) is 9.78 Å². The van der Waals surface area contributed by atoms with Gasteiger partial charge in [0.25, 0.3) is 5.91 Å². The maximum atomic E-state index is 13.0. The summed E-state index contributed by atoms with van der Waals surface area (Å²) in [7, 11) is 4.29. The fourth-order valence-electron chi connectivity index (χ4n) is 5.00. The van der Waals surface area contributed by atoms with Gasteiger partial charge >= 0.3 is 6.03 Å². The molecule has 8 nitrogen and oxygen atoms in total. The molecule has 1 saturated heterocycles. The number of carbonyl (C=O) groups excluding carboxylic acids is 2. The maximum absolute atomic E-state index is 13.0. The molecule has 1 atom stereocenters. The molecule has 1 aromatic heterocycles. The smallest absolute Gasteiger partial charge is 0.320 e. The summed E-state index contributed by atoms with van der Waals surface area (Å²) in [5.41, 5.74) is 5.03. The van der Waals surface area contributed by atoms with Crippen molar-refractivity contribution in [3.8, 4) is 11.8 Å². The van der Waals surface area contributed by atoms with Crippen LogP contribution in [0, 0.1) is 18.8 Å². The second-order valence-electron chi connectivity index (χ2n) is 11.2. The molecule has 3 amide bonds. The number of anilines is 2. The molecule has 1 aliphatic heterocycles. The van der Waals surface area contributed by atoms with E-state index < -0.39 is 0 Å². The Kier molecular flexibility index (Phi) is 8.98. The maximum Gasteiger partial charge on any atom is 0.320 e. The number of benzene rings is 2. The third-order valence-electron chi connectivity index (χ3n) is 7.88. The lowest BCUT2D eigenvalue weighted by atomic mass is 9.93. The van der Waals surface area contributed by atoms with Crippen LogP contribution in [0.15, 0.2) is 60.8 Å². The minimum atomic E-state index is -0.233. The van der Waals surface area contributed by atoms with Crippen molar-refractivity contribution in [2.75, 3.05) is 37.8 Å². The number of rotatable bonds is 7. The summed E-state index contributed by atoms with van der Waals surface area (Å²) in [4.78, 5) is 34.1. The lowest BCUT2D eigenvalue weighted by Gasteiger charge is -2.26. The van der Waals surface area contributed by atoms with Gasteiger partial charge in [-0.3, -0.25) is 15.0 Å². The van der Waals surface area contributed by atoms with Crippen molar-refractivity contribution in [2.24, 2.45) is 0 Å². The van der Waals surface area contributed by atoms with Gasteiger partial charge in [-0.1, -0.05) is 30.0 Å². The Balaban J connectivity index is 1.16. The summed E-state index contributed by atoms with van der Waals surface area (Å²) in [5, 5.41) is 8.69. The number of urea groups is 1. The molecule has 5 rings (SSSR count). The highest BCUT2D eigenvalue weighted by atomic mass is 16.2.